The van der Waals surface area contributed by atoms with Gasteiger partial charge in [-0.3, -0.25) is 4.79 Å². The van der Waals surface area contributed by atoms with Crippen LogP contribution in [0.3, 0.4) is 0 Å². The maximum Gasteiger partial charge on any atom is 0.187 e. The Balaban J connectivity index is 3.42. The van der Waals surface area contributed by atoms with Crippen molar-refractivity contribution < 1.29 is 17.9 Å². The third-order valence-corrected chi connectivity index (χ3v) is 5.51. The van der Waals surface area contributed by atoms with Gasteiger partial charge in [-0.05, 0) is 45.4 Å². The van der Waals surface area contributed by atoms with Gasteiger partial charge in [-0.15, -0.1) is 0 Å². The summed E-state index contributed by atoms with van der Waals surface area (Å²) in [5, 5.41) is 0. The van der Waals surface area contributed by atoms with Gasteiger partial charge in [0.2, 0.25) is 0 Å². The van der Waals surface area contributed by atoms with E-state index in [9.17, 15) is 13.2 Å². The predicted molar refractivity (Wildman–Crippen MR) is 74.3 cm³/mol. The lowest BCUT2D eigenvalue weighted by atomic mass is 10.1. The van der Waals surface area contributed by atoms with Crippen LogP contribution in [0, 0.1) is 6.92 Å². The summed E-state index contributed by atoms with van der Waals surface area (Å²) in [6.07, 6.45) is -0.0214. The van der Waals surface area contributed by atoms with E-state index in [-0.39, 0.29) is 17.1 Å². The molecule has 0 unspecified atom stereocenters. The van der Waals surface area contributed by atoms with Gasteiger partial charge in [-0.2, -0.15) is 0 Å². The average Bonchev–Trinajstić information content (AvgIpc) is 2.27. The fraction of sp³-hybridized carbons (Fsp3) is 0.500. The lowest BCUT2D eigenvalue weighted by Crippen LogP contribution is -2.34. The van der Waals surface area contributed by atoms with Gasteiger partial charge in [-0.25, -0.2) is 8.42 Å². The Morgan fingerprint density at radius 2 is 1.89 bits per heavy atom. The Bertz CT molecular complexity index is 585. The first-order chi connectivity index (χ1) is 8.61. The summed E-state index contributed by atoms with van der Waals surface area (Å²) in [4.78, 5) is 11.4. The first kappa shape index (κ1) is 15.7. The second kappa shape index (κ2) is 5.33. The van der Waals surface area contributed by atoms with E-state index in [0.29, 0.717) is 5.75 Å². The highest BCUT2D eigenvalue weighted by Crippen LogP contribution is 2.34. The molecule has 0 bridgehead atoms. The standard InChI is InChI=1S/C14H20O4S/c1-10-6-7-12(18-5)13(8-10)19(16,17)14(3,4)9-11(2)15/h6-8H,9H2,1-5H3. The molecule has 0 saturated carbocycles. The highest BCUT2D eigenvalue weighted by Gasteiger charge is 2.38. The molecule has 0 aliphatic carbocycles. The normalized spacial score (nSPS) is 12.3. The smallest absolute Gasteiger partial charge is 0.187 e. The number of benzene rings is 1. The van der Waals surface area contributed by atoms with E-state index in [4.69, 9.17) is 4.74 Å². The SMILES string of the molecule is COc1ccc(C)cc1S(=O)(=O)C(C)(C)CC(C)=O. The van der Waals surface area contributed by atoms with Crippen molar-refractivity contribution in [1.82, 2.24) is 0 Å². The van der Waals surface area contributed by atoms with Crippen LogP contribution < -0.4 is 4.74 Å². The molecule has 0 aliphatic heterocycles. The molecule has 1 aromatic rings. The molecule has 1 rings (SSSR count). The van der Waals surface area contributed by atoms with E-state index >= 15 is 0 Å². The van der Waals surface area contributed by atoms with Gasteiger partial charge in [0.05, 0.1) is 11.9 Å². The molecule has 5 heteroatoms. The monoisotopic (exact) mass is 284 g/mol. The van der Waals surface area contributed by atoms with Crippen molar-refractivity contribution in [1.29, 1.82) is 0 Å². The first-order valence-corrected chi connectivity index (χ1v) is 7.49. The van der Waals surface area contributed by atoms with Crippen LogP contribution in [0.2, 0.25) is 0 Å². The van der Waals surface area contributed by atoms with Crippen LogP contribution in [-0.4, -0.2) is 26.1 Å². The Hall–Kier alpha value is -1.36. The third kappa shape index (κ3) is 3.15. The van der Waals surface area contributed by atoms with Crippen LogP contribution in [-0.2, 0) is 14.6 Å². The van der Waals surface area contributed by atoms with Crippen molar-refractivity contribution in [3.8, 4) is 5.75 Å². The van der Waals surface area contributed by atoms with Gasteiger partial charge >= 0.3 is 0 Å². The van der Waals surface area contributed by atoms with Crippen molar-refractivity contribution in [3.63, 3.8) is 0 Å². The van der Waals surface area contributed by atoms with Gasteiger partial charge in [0, 0.05) is 6.42 Å². The van der Waals surface area contributed by atoms with E-state index in [0.717, 1.165) is 5.56 Å². The minimum atomic E-state index is -3.64. The maximum absolute atomic E-state index is 12.7. The van der Waals surface area contributed by atoms with Gasteiger partial charge in [0.25, 0.3) is 0 Å². The fourth-order valence-electron chi connectivity index (χ4n) is 1.99. The quantitative estimate of drug-likeness (QED) is 0.833. The molecule has 0 aliphatic rings. The summed E-state index contributed by atoms with van der Waals surface area (Å²) in [6.45, 7) is 6.33. The molecule has 19 heavy (non-hydrogen) atoms. The van der Waals surface area contributed by atoms with Crippen molar-refractivity contribution in [2.75, 3.05) is 7.11 Å². The van der Waals surface area contributed by atoms with Crippen molar-refractivity contribution >= 4 is 15.6 Å². The molecule has 0 atom stereocenters. The molecule has 0 saturated heterocycles. The molecule has 0 spiro atoms. The zero-order valence-electron chi connectivity index (χ0n) is 12.0. The summed E-state index contributed by atoms with van der Waals surface area (Å²) < 4.78 is 29.3. The fourth-order valence-corrected chi connectivity index (χ4v) is 3.73. The number of hydrogen-bond acceptors (Lipinski definition) is 4. The minimum Gasteiger partial charge on any atom is -0.495 e. The van der Waals surface area contributed by atoms with Gasteiger partial charge in [0.15, 0.2) is 9.84 Å². The summed E-state index contributed by atoms with van der Waals surface area (Å²) in [6, 6.07) is 5.00. The third-order valence-electron chi connectivity index (χ3n) is 3.01. The molecule has 0 aromatic heterocycles. The Morgan fingerprint density at radius 3 is 2.37 bits per heavy atom. The largest absolute Gasteiger partial charge is 0.495 e. The zero-order chi connectivity index (χ0) is 14.8. The van der Waals surface area contributed by atoms with Crippen LogP contribution in [0.1, 0.15) is 32.8 Å². The summed E-state index contributed by atoms with van der Waals surface area (Å²) in [7, 11) is -2.21. The van der Waals surface area contributed by atoms with E-state index in [1.54, 1.807) is 32.0 Å². The predicted octanol–water partition coefficient (Wildman–Crippen LogP) is 2.54. The molecule has 4 nitrogen and oxygen atoms in total. The molecule has 1 aromatic carbocycles. The topological polar surface area (TPSA) is 60.4 Å². The number of carbonyl (C=O) groups is 1. The van der Waals surface area contributed by atoms with Crippen LogP contribution in [0.5, 0.6) is 5.75 Å². The number of methoxy groups -OCH3 is 1. The van der Waals surface area contributed by atoms with Crippen molar-refractivity contribution in [2.24, 2.45) is 0 Å². The van der Waals surface area contributed by atoms with Gasteiger partial charge in [0.1, 0.15) is 16.4 Å². The number of sulfone groups is 1. The number of ketones is 1. The number of Topliss-reactive ketones (excluding diaryl/α,β-unsaturated/α-hetero) is 1. The lowest BCUT2D eigenvalue weighted by molar-refractivity contribution is -0.117. The minimum absolute atomic E-state index is 0.0214. The Labute approximate surface area is 114 Å². The number of rotatable bonds is 5. The second-order valence-electron chi connectivity index (χ2n) is 5.30. The van der Waals surface area contributed by atoms with Gasteiger partial charge in [-0.1, -0.05) is 6.07 Å². The number of ether oxygens (including phenoxy) is 1. The zero-order valence-corrected chi connectivity index (χ0v) is 12.8. The molecule has 0 N–H and O–H groups in total. The number of aryl methyl sites for hydroxylation is 1. The molecular weight excluding hydrogens is 264 g/mol. The van der Waals surface area contributed by atoms with Crippen molar-refractivity contribution in [3.05, 3.63) is 23.8 Å². The van der Waals surface area contributed by atoms with E-state index in [2.05, 4.69) is 0 Å². The Kier molecular flexibility index (Phi) is 4.40. The highest BCUT2D eigenvalue weighted by molar-refractivity contribution is 7.93. The Morgan fingerprint density at radius 1 is 1.32 bits per heavy atom. The molecule has 106 valence electrons. The number of carbonyl (C=O) groups excluding carboxylic acids is 1. The van der Waals surface area contributed by atoms with Gasteiger partial charge < -0.3 is 4.74 Å². The van der Waals surface area contributed by atoms with Crippen LogP contribution >= 0.6 is 0 Å². The van der Waals surface area contributed by atoms with Crippen molar-refractivity contribution in [2.45, 2.75) is 43.8 Å². The summed E-state index contributed by atoms with van der Waals surface area (Å²) >= 11 is 0. The summed E-state index contributed by atoms with van der Waals surface area (Å²) in [5.41, 5.74) is 0.831. The molecule has 0 amide bonds. The van der Waals surface area contributed by atoms with E-state index in [1.807, 2.05) is 6.92 Å². The first-order valence-electron chi connectivity index (χ1n) is 6.00. The number of hydrogen-bond donors (Lipinski definition) is 0. The van der Waals surface area contributed by atoms with E-state index in [1.165, 1.54) is 14.0 Å². The van der Waals surface area contributed by atoms with Crippen LogP contribution in [0.15, 0.2) is 23.1 Å². The van der Waals surface area contributed by atoms with Crippen LogP contribution in [0.4, 0.5) is 0 Å². The average molecular weight is 284 g/mol. The second-order valence-corrected chi connectivity index (χ2v) is 7.85. The lowest BCUT2D eigenvalue weighted by Gasteiger charge is -2.24. The summed E-state index contributed by atoms with van der Waals surface area (Å²) in [5.74, 6) is 0.155. The maximum atomic E-state index is 12.7. The molecular formula is C14H20O4S. The molecule has 0 heterocycles. The van der Waals surface area contributed by atoms with E-state index < -0.39 is 14.6 Å². The molecule has 0 radical (unpaired) electrons. The highest BCUT2D eigenvalue weighted by atomic mass is 32.2. The molecule has 0 fully saturated rings. The van der Waals surface area contributed by atoms with Crippen LogP contribution in [0.25, 0.3) is 0 Å².